The first-order chi connectivity index (χ1) is 12.1. The molecule has 25 heavy (non-hydrogen) atoms. The Morgan fingerprint density at radius 1 is 1.40 bits per heavy atom. The van der Waals surface area contributed by atoms with Crippen molar-refractivity contribution in [3.63, 3.8) is 0 Å². The quantitative estimate of drug-likeness (QED) is 0.850. The number of amides is 2. The van der Waals surface area contributed by atoms with Crippen LogP contribution in [0.1, 0.15) is 45.6 Å². The van der Waals surface area contributed by atoms with Crippen molar-refractivity contribution >= 4 is 6.03 Å². The number of aromatic nitrogens is 2. The number of morpholine rings is 1. The Kier molecular flexibility index (Phi) is 6.31. The monoisotopic (exact) mass is 349 g/mol. The highest BCUT2D eigenvalue weighted by atomic mass is 16.5. The summed E-state index contributed by atoms with van der Waals surface area (Å²) in [6, 6.07) is 2.97. The number of carbonyl (C=O) groups is 1. The van der Waals surface area contributed by atoms with Crippen molar-refractivity contribution in [3.8, 4) is 0 Å². The molecule has 7 heteroatoms. The minimum atomic E-state index is -0.0724. The van der Waals surface area contributed by atoms with Crippen molar-refractivity contribution in [2.24, 2.45) is 0 Å². The molecular formula is C18H31N5O2. The van der Waals surface area contributed by atoms with Gasteiger partial charge in [0, 0.05) is 37.6 Å². The lowest BCUT2D eigenvalue weighted by Crippen LogP contribution is -2.54. The molecule has 1 saturated heterocycles. The molecule has 0 unspecified atom stereocenters. The van der Waals surface area contributed by atoms with Gasteiger partial charge >= 0.3 is 6.03 Å². The summed E-state index contributed by atoms with van der Waals surface area (Å²) in [6.07, 6.45) is 8.21. The smallest absolute Gasteiger partial charge is 0.315 e. The second-order valence-corrected chi connectivity index (χ2v) is 7.31. The molecule has 1 aromatic rings. The maximum atomic E-state index is 12.4. The van der Waals surface area contributed by atoms with E-state index < -0.39 is 0 Å². The molecule has 1 aromatic heterocycles. The van der Waals surface area contributed by atoms with Gasteiger partial charge < -0.3 is 15.4 Å². The van der Waals surface area contributed by atoms with Crippen LogP contribution in [-0.2, 0) is 4.74 Å². The Morgan fingerprint density at radius 3 is 3.00 bits per heavy atom. The number of nitrogens with one attached hydrogen (secondary N) is 2. The van der Waals surface area contributed by atoms with E-state index >= 15 is 0 Å². The summed E-state index contributed by atoms with van der Waals surface area (Å²) in [7, 11) is 0. The van der Waals surface area contributed by atoms with Gasteiger partial charge in [-0.25, -0.2) is 4.79 Å². The second kappa shape index (κ2) is 8.67. The maximum absolute atomic E-state index is 12.4. The van der Waals surface area contributed by atoms with Gasteiger partial charge in [0.15, 0.2) is 0 Å². The minimum absolute atomic E-state index is 0.0724. The van der Waals surface area contributed by atoms with Crippen LogP contribution in [0, 0.1) is 0 Å². The van der Waals surface area contributed by atoms with E-state index in [0.29, 0.717) is 18.6 Å². The Bertz CT molecular complexity index is 536. The molecule has 0 bridgehead atoms. The molecule has 1 aliphatic carbocycles. The van der Waals surface area contributed by atoms with Crippen molar-refractivity contribution in [2.75, 3.05) is 26.3 Å². The fourth-order valence-corrected chi connectivity index (χ4v) is 4.04. The van der Waals surface area contributed by atoms with E-state index in [4.69, 9.17) is 4.74 Å². The van der Waals surface area contributed by atoms with E-state index in [0.717, 1.165) is 39.0 Å². The van der Waals surface area contributed by atoms with Crippen LogP contribution in [0.3, 0.4) is 0 Å². The largest absolute Gasteiger partial charge is 0.379 e. The van der Waals surface area contributed by atoms with Crippen LogP contribution in [0.5, 0.6) is 0 Å². The highest BCUT2D eigenvalue weighted by molar-refractivity contribution is 5.74. The van der Waals surface area contributed by atoms with Crippen molar-refractivity contribution in [2.45, 2.75) is 63.7 Å². The zero-order valence-corrected chi connectivity index (χ0v) is 15.4. The third-order valence-corrected chi connectivity index (χ3v) is 5.45. The standard InChI is InChI=1S/C18H31N5O2/c1-14(22-10-11-25-13-15(22)2)12-19-18(24)21-16-6-3-4-7-17(16)23-9-5-8-20-23/h5,8-9,14-17H,3-4,6-7,10-13H2,1-2H3,(H2,19,21,24)/t14-,15-,16-,17+/m1/s1. The summed E-state index contributed by atoms with van der Waals surface area (Å²) in [4.78, 5) is 14.8. The molecule has 4 atom stereocenters. The molecule has 2 N–H and O–H groups in total. The van der Waals surface area contributed by atoms with Crippen molar-refractivity contribution in [3.05, 3.63) is 18.5 Å². The molecule has 2 aliphatic rings. The number of nitrogens with zero attached hydrogens (tertiary/aromatic N) is 3. The second-order valence-electron chi connectivity index (χ2n) is 7.31. The summed E-state index contributed by atoms with van der Waals surface area (Å²) in [5.74, 6) is 0. The van der Waals surface area contributed by atoms with Gasteiger partial charge in [-0.3, -0.25) is 9.58 Å². The highest BCUT2D eigenvalue weighted by Gasteiger charge is 2.29. The molecule has 7 nitrogen and oxygen atoms in total. The van der Waals surface area contributed by atoms with Crippen LogP contribution in [0.15, 0.2) is 18.5 Å². The Balaban J connectivity index is 1.48. The molecule has 1 aliphatic heterocycles. The number of urea groups is 1. The zero-order valence-electron chi connectivity index (χ0n) is 15.4. The number of carbonyl (C=O) groups excluding carboxylic acids is 1. The molecule has 0 spiro atoms. The first-order valence-corrected chi connectivity index (χ1v) is 9.52. The summed E-state index contributed by atoms with van der Waals surface area (Å²) in [6.45, 7) is 7.45. The molecule has 0 radical (unpaired) electrons. The number of hydrogen-bond acceptors (Lipinski definition) is 4. The predicted molar refractivity (Wildman–Crippen MR) is 96.5 cm³/mol. The molecule has 2 amide bonds. The molecule has 1 saturated carbocycles. The van der Waals surface area contributed by atoms with Gasteiger partial charge in [-0.1, -0.05) is 12.8 Å². The van der Waals surface area contributed by atoms with E-state index in [-0.39, 0.29) is 18.1 Å². The van der Waals surface area contributed by atoms with Crippen LogP contribution in [0.2, 0.25) is 0 Å². The average Bonchev–Trinajstić information content (AvgIpc) is 3.15. The van der Waals surface area contributed by atoms with Crippen LogP contribution in [0.25, 0.3) is 0 Å². The summed E-state index contributed by atoms with van der Waals surface area (Å²) >= 11 is 0. The first-order valence-electron chi connectivity index (χ1n) is 9.52. The van der Waals surface area contributed by atoms with Gasteiger partial charge in [0.25, 0.3) is 0 Å². The van der Waals surface area contributed by atoms with Gasteiger partial charge in [-0.05, 0) is 32.8 Å². The van der Waals surface area contributed by atoms with Gasteiger partial charge in [0.05, 0.1) is 25.3 Å². The van der Waals surface area contributed by atoms with Crippen molar-refractivity contribution in [1.82, 2.24) is 25.3 Å². The van der Waals surface area contributed by atoms with E-state index in [2.05, 4.69) is 34.5 Å². The zero-order chi connectivity index (χ0) is 17.6. The van der Waals surface area contributed by atoms with Crippen molar-refractivity contribution < 1.29 is 9.53 Å². The van der Waals surface area contributed by atoms with Gasteiger partial charge in [0.1, 0.15) is 0 Å². The number of rotatable bonds is 5. The molecular weight excluding hydrogens is 318 g/mol. The lowest BCUT2D eigenvalue weighted by atomic mass is 9.90. The Morgan fingerprint density at radius 2 is 2.24 bits per heavy atom. The van der Waals surface area contributed by atoms with Crippen LogP contribution < -0.4 is 10.6 Å². The molecule has 0 aromatic carbocycles. The van der Waals surface area contributed by atoms with E-state index in [1.165, 1.54) is 6.42 Å². The van der Waals surface area contributed by atoms with E-state index in [1.54, 1.807) is 6.20 Å². The van der Waals surface area contributed by atoms with Gasteiger partial charge in [-0.2, -0.15) is 5.10 Å². The summed E-state index contributed by atoms with van der Waals surface area (Å²) in [5, 5.41) is 10.6. The minimum Gasteiger partial charge on any atom is -0.379 e. The first kappa shape index (κ1) is 18.2. The molecule has 2 fully saturated rings. The molecule has 3 rings (SSSR count). The Labute approximate surface area is 150 Å². The fraction of sp³-hybridized carbons (Fsp3) is 0.778. The highest BCUT2D eigenvalue weighted by Crippen LogP contribution is 2.28. The molecule has 2 heterocycles. The van der Waals surface area contributed by atoms with E-state index in [9.17, 15) is 4.79 Å². The lowest BCUT2D eigenvalue weighted by Gasteiger charge is -2.38. The van der Waals surface area contributed by atoms with Crippen molar-refractivity contribution in [1.29, 1.82) is 0 Å². The fourth-order valence-electron chi connectivity index (χ4n) is 4.04. The molecule has 140 valence electrons. The van der Waals surface area contributed by atoms with Crippen LogP contribution in [0.4, 0.5) is 4.79 Å². The summed E-state index contributed by atoms with van der Waals surface area (Å²) in [5.41, 5.74) is 0. The predicted octanol–water partition coefficient (Wildman–Crippen LogP) is 1.78. The summed E-state index contributed by atoms with van der Waals surface area (Å²) < 4.78 is 7.47. The van der Waals surface area contributed by atoms with Crippen LogP contribution >= 0.6 is 0 Å². The van der Waals surface area contributed by atoms with Gasteiger partial charge in [0.2, 0.25) is 0 Å². The number of ether oxygens (including phenoxy) is 1. The third-order valence-electron chi connectivity index (χ3n) is 5.45. The van der Waals surface area contributed by atoms with Gasteiger partial charge in [-0.15, -0.1) is 0 Å². The number of hydrogen-bond donors (Lipinski definition) is 2. The normalized spacial score (nSPS) is 29.1. The lowest BCUT2D eigenvalue weighted by molar-refractivity contribution is -0.0176. The maximum Gasteiger partial charge on any atom is 0.315 e. The topological polar surface area (TPSA) is 71.4 Å². The average molecular weight is 349 g/mol. The SMILES string of the molecule is C[C@H](CNC(=O)N[C@@H]1CCCC[C@@H]1n1cccn1)N1CCOC[C@H]1C. The third kappa shape index (κ3) is 4.73. The van der Waals surface area contributed by atoms with Crippen LogP contribution in [-0.4, -0.2) is 65.1 Å². The Hall–Kier alpha value is -1.60. The van der Waals surface area contributed by atoms with E-state index in [1.807, 2.05) is 16.9 Å².